The molecule has 0 aromatic heterocycles. The standard InChI is InChI=1S/C33H32Cl3N3O5S/c1-3-44-26-16-14-25(15-17-26)39(45(42,43)27-18-12-24(34)13-19-27)22-32(40)38(21-28-29(35)10-7-11-30(28)36)31(33(41)37-2)20-23-8-5-4-6-9-23/h4-19,31H,3,20-22H2,1-2H3,(H,37,41). The van der Waals surface area contributed by atoms with E-state index in [4.69, 9.17) is 39.5 Å². The Balaban J connectivity index is 1.81. The lowest BCUT2D eigenvalue weighted by Gasteiger charge is -2.34. The van der Waals surface area contributed by atoms with Gasteiger partial charge in [-0.15, -0.1) is 0 Å². The summed E-state index contributed by atoms with van der Waals surface area (Å²) < 4.78 is 34.7. The minimum absolute atomic E-state index is 0.0681. The van der Waals surface area contributed by atoms with E-state index in [9.17, 15) is 18.0 Å². The van der Waals surface area contributed by atoms with Crippen LogP contribution in [0.5, 0.6) is 5.75 Å². The number of benzene rings is 4. The molecule has 0 heterocycles. The number of carbonyl (C=O) groups is 2. The Bertz CT molecular complexity index is 1700. The molecule has 0 saturated carbocycles. The van der Waals surface area contributed by atoms with Crippen molar-refractivity contribution in [3.63, 3.8) is 0 Å². The molecule has 0 aliphatic carbocycles. The lowest BCUT2D eigenvalue weighted by molar-refractivity contribution is -0.139. The quantitative estimate of drug-likeness (QED) is 0.170. The Hall–Kier alpha value is -3.76. The number of ether oxygens (including phenoxy) is 1. The predicted molar refractivity (Wildman–Crippen MR) is 179 cm³/mol. The van der Waals surface area contributed by atoms with Gasteiger partial charge in [0.2, 0.25) is 11.8 Å². The number of rotatable bonds is 13. The molecular weight excluding hydrogens is 657 g/mol. The number of likely N-dealkylation sites (N-methyl/N-ethyl adjacent to an activating group) is 1. The van der Waals surface area contributed by atoms with Crippen LogP contribution in [0.2, 0.25) is 15.1 Å². The normalized spacial score (nSPS) is 11.8. The van der Waals surface area contributed by atoms with Crippen LogP contribution in [0.4, 0.5) is 5.69 Å². The Morgan fingerprint density at radius 3 is 2.04 bits per heavy atom. The van der Waals surface area contributed by atoms with E-state index < -0.39 is 34.4 Å². The van der Waals surface area contributed by atoms with Crippen molar-refractivity contribution in [3.8, 4) is 5.75 Å². The number of hydrogen-bond donors (Lipinski definition) is 1. The summed E-state index contributed by atoms with van der Waals surface area (Å²) in [5.74, 6) is -0.556. The molecular formula is C33H32Cl3N3O5S. The summed E-state index contributed by atoms with van der Waals surface area (Å²) in [5.41, 5.74) is 1.44. The van der Waals surface area contributed by atoms with Crippen molar-refractivity contribution in [2.75, 3.05) is 24.5 Å². The topological polar surface area (TPSA) is 96.0 Å². The lowest BCUT2D eigenvalue weighted by Crippen LogP contribution is -2.53. The Labute approximate surface area is 278 Å². The maximum absolute atomic E-state index is 14.4. The van der Waals surface area contributed by atoms with Crippen molar-refractivity contribution < 1.29 is 22.7 Å². The third-order valence-electron chi connectivity index (χ3n) is 7.02. The first kappa shape index (κ1) is 34.1. The molecule has 4 rings (SSSR count). The molecule has 12 heteroatoms. The molecule has 0 bridgehead atoms. The first-order valence-electron chi connectivity index (χ1n) is 14.0. The molecule has 4 aromatic rings. The molecule has 4 aromatic carbocycles. The van der Waals surface area contributed by atoms with Gasteiger partial charge in [0.15, 0.2) is 0 Å². The summed E-state index contributed by atoms with van der Waals surface area (Å²) in [5, 5.41) is 3.60. The van der Waals surface area contributed by atoms with Gasteiger partial charge in [0.1, 0.15) is 18.3 Å². The van der Waals surface area contributed by atoms with Crippen LogP contribution < -0.4 is 14.4 Å². The van der Waals surface area contributed by atoms with E-state index in [0.29, 0.717) is 33.0 Å². The zero-order valence-corrected chi connectivity index (χ0v) is 27.7. The van der Waals surface area contributed by atoms with Crippen molar-refractivity contribution in [2.24, 2.45) is 0 Å². The molecule has 1 unspecified atom stereocenters. The van der Waals surface area contributed by atoms with Gasteiger partial charge < -0.3 is 15.0 Å². The molecule has 236 valence electrons. The van der Waals surface area contributed by atoms with Gasteiger partial charge in [-0.25, -0.2) is 8.42 Å². The van der Waals surface area contributed by atoms with Crippen LogP contribution >= 0.6 is 34.8 Å². The highest BCUT2D eigenvalue weighted by atomic mass is 35.5. The van der Waals surface area contributed by atoms with Gasteiger partial charge in [0.05, 0.1) is 17.2 Å². The summed E-state index contributed by atoms with van der Waals surface area (Å²) in [7, 11) is -2.82. The summed E-state index contributed by atoms with van der Waals surface area (Å²) >= 11 is 19.1. The number of sulfonamides is 1. The van der Waals surface area contributed by atoms with E-state index in [0.717, 1.165) is 9.87 Å². The van der Waals surface area contributed by atoms with E-state index in [1.54, 1.807) is 42.5 Å². The SMILES string of the molecule is CCOc1ccc(N(CC(=O)N(Cc2c(Cl)cccc2Cl)C(Cc2ccccc2)C(=O)NC)S(=O)(=O)c2ccc(Cl)cc2)cc1. The first-order chi connectivity index (χ1) is 21.5. The van der Waals surface area contributed by atoms with Crippen molar-refractivity contribution in [1.82, 2.24) is 10.2 Å². The minimum Gasteiger partial charge on any atom is -0.494 e. The van der Waals surface area contributed by atoms with Crippen LogP contribution in [-0.4, -0.2) is 51.4 Å². The number of hydrogen-bond acceptors (Lipinski definition) is 5. The molecule has 2 amide bonds. The fourth-order valence-electron chi connectivity index (χ4n) is 4.71. The fourth-order valence-corrected chi connectivity index (χ4v) is 6.77. The van der Waals surface area contributed by atoms with Gasteiger partial charge in [-0.3, -0.25) is 13.9 Å². The predicted octanol–water partition coefficient (Wildman–Crippen LogP) is 6.63. The highest BCUT2D eigenvalue weighted by Crippen LogP contribution is 2.30. The third-order valence-corrected chi connectivity index (χ3v) is 9.77. The number of carbonyl (C=O) groups excluding carboxylic acids is 2. The van der Waals surface area contributed by atoms with E-state index in [-0.39, 0.29) is 23.5 Å². The third kappa shape index (κ3) is 8.49. The second-order valence-corrected chi connectivity index (χ2v) is 13.0. The number of nitrogens with zero attached hydrogens (tertiary/aromatic N) is 2. The summed E-state index contributed by atoms with van der Waals surface area (Å²) in [6.07, 6.45) is 0.154. The van der Waals surface area contributed by atoms with Gasteiger partial charge >= 0.3 is 0 Å². The second kappa shape index (κ2) is 15.5. The molecule has 1 N–H and O–H groups in total. The molecule has 45 heavy (non-hydrogen) atoms. The van der Waals surface area contributed by atoms with E-state index >= 15 is 0 Å². The highest BCUT2D eigenvalue weighted by Gasteiger charge is 2.35. The number of nitrogens with one attached hydrogen (secondary N) is 1. The van der Waals surface area contributed by atoms with Crippen molar-refractivity contribution in [1.29, 1.82) is 0 Å². The average Bonchev–Trinajstić information content (AvgIpc) is 3.03. The lowest BCUT2D eigenvalue weighted by atomic mass is 10.0. The smallest absolute Gasteiger partial charge is 0.264 e. The molecule has 0 saturated heterocycles. The van der Waals surface area contributed by atoms with Crippen LogP contribution in [0.1, 0.15) is 18.1 Å². The molecule has 0 fully saturated rings. The molecule has 0 aliphatic rings. The Kier molecular flexibility index (Phi) is 11.7. The van der Waals surface area contributed by atoms with Gasteiger partial charge in [0.25, 0.3) is 10.0 Å². The summed E-state index contributed by atoms with van der Waals surface area (Å²) in [4.78, 5) is 29.1. The Morgan fingerprint density at radius 1 is 0.844 bits per heavy atom. The minimum atomic E-state index is -4.29. The van der Waals surface area contributed by atoms with E-state index in [1.807, 2.05) is 37.3 Å². The summed E-state index contributed by atoms with van der Waals surface area (Å²) in [6.45, 7) is 1.47. The van der Waals surface area contributed by atoms with Crippen LogP contribution in [-0.2, 0) is 32.6 Å². The summed E-state index contributed by atoms with van der Waals surface area (Å²) in [6, 6.07) is 25.1. The fraction of sp³-hybridized carbons (Fsp3) is 0.212. The van der Waals surface area contributed by atoms with Crippen LogP contribution in [0.3, 0.4) is 0 Å². The van der Waals surface area contributed by atoms with Gasteiger partial charge in [-0.05, 0) is 73.2 Å². The number of anilines is 1. The van der Waals surface area contributed by atoms with Gasteiger partial charge in [0, 0.05) is 40.6 Å². The van der Waals surface area contributed by atoms with E-state index in [2.05, 4.69) is 5.32 Å². The average molecular weight is 689 g/mol. The Morgan fingerprint density at radius 2 is 1.47 bits per heavy atom. The highest BCUT2D eigenvalue weighted by molar-refractivity contribution is 7.92. The second-order valence-electron chi connectivity index (χ2n) is 9.93. The monoisotopic (exact) mass is 687 g/mol. The van der Waals surface area contributed by atoms with Crippen LogP contribution in [0.25, 0.3) is 0 Å². The molecule has 0 radical (unpaired) electrons. The molecule has 0 aliphatic heterocycles. The van der Waals surface area contributed by atoms with Gasteiger partial charge in [-0.2, -0.15) is 0 Å². The van der Waals surface area contributed by atoms with Crippen molar-refractivity contribution in [2.45, 2.75) is 30.8 Å². The number of amides is 2. The number of halogens is 3. The molecule has 0 spiro atoms. The van der Waals surface area contributed by atoms with Crippen LogP contribution in [0.15, 0.2) is 102 Å². The molecule has 8 nitrogen and oxygen atoms in total. The van der Waals surface area contributed by atoms with Crippen LogP contribution in [0, 0.1) is 0 Å². The zero-order chi connectivity index (χ0) is 32.6. The molecule has 1 atom stereocenters. The van der Waals surface area contributed by atoms with Gasteiger partial charge in [-0.1, -0.05) is 71.2 Å². The van der Waals surface area contributed by atoms with E-state index in [1.165, 1.54) is 36.2 Å². The largest absolute Gasteiger partial charge is 0.494 e. The first-order valence-corrected chi connectivity index (χ1v) is 16.6. The maximum atomic E-state index is 14.4. The maximum Gasteiger partial charge on any atom is 0.264 e. The van der Waals surface area contributed by atoms with Crippen molar-refractivity contribution in [3.05, 3.63) is 123 Å². The zero-order valence-electron chi connectivity index (χ0n) is 24.6. The van der Waals surface area contributed by atoms with Crippen molar-refractivity contribution >= 4 is 62.3 Å².